The average molecular weight is 365 g/mol. The number of pyridine rings is 1. The molecule has 2 aromatic heterocycles. The van der Waals surface area contributed by atoms with Crippen LogP contribution in [0.3, 0.4) is 0 Å². The van der Waals surface area contributed by atoms with Gasteiger partial charge in [-0.15, -0.1) is 0 Å². The second-order valence-electron chi connectivity index (χ2n) is 6.62. The molecule has 2 N–H and O–H groups in total. The van der Waals surface area contributed by atoms with Gasteiger partial charge in [0, 0.05) is 25.9 Å². The summed E-state index contributed by atoms with van der Waals surface area (Å²) < 4.78 is 7.30. The van der Waals surface area contributed by atoms with Gasteiger partial charge in [-0.2, -0.15) is 5.10 Å². The van der Waals surface area contributed by atoms with Crippen LogP contribution >= 0.6 is 0 Å². The zero-order chi connectivity index (χ0) is 18.6. The lowest BCUT2D eigenvalue weighted by atomic mass is 10.1. The number of ether oxygens (including phenoxy) is 1. The molecule has 27 heavy (non-hydrogen) atoms. The molecular formula is C20H23N5O2. The molecule has 1 fully saturated rings. The number of nitrogens with one attached hydrogen (secondary N) is 2. The van der Waals surface area contributed by atoms with Crippen molar-refractivity contribution in [3.63, 3.8) is 0 Å². The SMILES string of the molecule is CCn1ncc2c(N[C@@H]3CCOC3)c(C(=O)NCc3ccccc3)cnc21. The topological polar surface area (TPSA) is 81.1 Å². The van der Waals surface area contributed by atoms with E-state index in [0.29, 0.717) is 18.7 Å². The fraction of sp³-hybridized carbons (Fsp3) is 0.350. The van der Waals surface area contributed by atoms with Crippen molar-refractivity contribution < 1.29 is 9.53 Å². The summed E-state index contributed by atoms with van der Waals surface area (Å²) in [6.07, 6.45) is 4.32. The Morgan fingerprint density at radius 3 is 2.89 bits per heavy atom. The number of amides is 1. The van der Waals surface area contributed by atoms with E-state index in [-0.39, 0.29) is 11.9 Å². The molecule has 0 unspecified atom stereocenters. The average Bonchev–Trinajstić information content (AvgIpc) is 3.36. The lowest BCUT2D eigenvalue weighted by Crippen LogP contribution is -2.26. The van der Waals surface area contributed by atoms with Crippen molar-refractivity contribution in [1.29, 1.82) is 0 Å². The number of anilines is 1. The first kappa shape index (κ1) is 17.5. The van der Waals surface area contributed by atoms with Gasteiger partial charge in [0.2, 0.25) is 0 Å². The Morgan fingerprint density at radius 2 is 2.15 bits per heavy atom. The first-order valence-electron chi connectivity index (χ1n) is 9.27. The zero-order valence-electron chi connectivity index (χ0n) is 15.3. The molecule has 1 amide bonds. The Hall–Kier alpha value is -2.93. The van der Waals surface area contributed by atoms with Gasteiger partial charge in [0.05, 0.1) is 35.5 Å². The molecule has 140 valence electrons. The zero-order valence-corrected chi connectivity index (χ0v) is 15.3. The molecule has 0 spiro atoms. The number of benzene rings is 1. The van der Waals surface area contributed by atoms with E-state index in [1.54, 1.807) is 12.4 Å². The van der Waals surface area contributed by atoms with E-state index in [1.165, 1.54) is 0 Å². The number of hydrogen-bond donors (Lipinski definition) is 2. The molecule has 1 saturated heterocycles. The van der Waals surface area contributed by atoms with Crippen molar-refractivity contribution in [2.75, 3.05) is 18.5 Å². The van der Waals surface area contributed by atoms with Crippen LogP contribution < -0.4 is 10.6 Å². The van der Waals surface area contributed by atoms with Crippen molar-refractivity contribution >= 4 is 22.6 Å². The van der Waals surface area contributed by atoms with E-state index in [9.17, 15) is 4.79 Å². The second kappa shape index (κ2) is 7.75. The molecular weight excluding hydrogens is 342 g/mol. The molecule has 3 aromatic rings. The summed E-state index contributed by atoms with van der Waals surface area (Å²) in [4.78, 5) is 17.4. The summed E-state index contributed by atoms with van der Waals surface area (Å²) in [5, 5.41) is 11.7. The molecule has 1 aliphatic heterocycles. The van der Waals surface area contributed by atoms with E-state index < -0.39 is 0 Å². The fourth-order valence-electron chi connectivity index (χ4n) is 3.31. The molecule has 1 aromatic carbocycles. The van der Waals surface area contributed by atoms with E-state index in [2.05, 4.69) is 20.7 Å². The van der Waals surface area contributed by atoms with Crippen LogP contribution in [0, 0.1) is 0 Å². The highest BCUT2D eigenvalue weighted by atomic mass is 16.5. The molecule has 1 aliphatic rings. The van der Waals surface area contributed by atoms with Crippen LogP contribution in [0.2, 0.25) is 0 Å². The third-order valence-corrected chi connectivity index (χ3v) is 4.78. The Kier molecular flexibility index (Phi) is 5.02. The first-order chi connectivity index (χ1) is 13.3. The predicted molar refractivity (Wildman–Crippen MR) is 104 cm³/mol. The maximum absolute atomic E-state index is 12.9. The minimum atomic E-state index is -0.154. The number of rotatable bonds is 6. The number of carbonyl (C=O) groups excluding carboxylic acids is 1. The normalized spacial score (nSPS) is 16.6. The summed E-state index contributed by atoms with van der Waals surface area (Å²) in [5.74, 6) is -0.154. The van der Waals surface area contributed by atoms with Gasteiger partial charge in [-0.05, 0) is 18.9 Å². The summed E-state index contributed by atoms with van der Waals surface area (Å²) in [6, 6.07) is 10.0. The first-order valence-corrected chi connectivity index (χ1v) is 9.27. The monoisotopic (exact) mass is 365 g/mol. The molecule has 0 radical (unpaired) electrons. The Balaban J connectivity index is 1.64. The fourth-order valence-corrected chi connectivity index (χ4v) is 3.31. The predicted octanol–water partition coefficient (Wildman–Crippen LogP) is 2.58. The summed E-state index contributed by atoms with van der Waals surface area (Å²) in [6.45, 7) is 4.58. The van der Waals surface area contributed by atoms with Crippen LogP contribution in [0.4, 0.5) is 5.69 Å². The second-order valence-corrected chi connectivity index (χ2v) is 6.62. The van der Waals surface area contributed by atoms with Gasteiger partial charge in [0.15, 0.2) is 5.65 Å². The quantitative estimate of drug-likeness (QED) is 0.702. The summed E-state index contributed by atoms with van der Waals surface area (Å²) >= 11 is 0. The lowest BCUT2D eigenvalue weighted by Gasteiger charge is -2.17. The van der Waals surface area contributed by atoms with Crippen LogP contribution in [-0.2, 0) is 17.8 Å². The smallest absolute Gasteiger partial charge is 0.255 e. The van der Waals surface area contributed by atoms with Crippen LogP contribution in [0.15, 0.2) is 42.7 Å². The largest absolute Gasteiger partial charge is 0.379 e. The molecule has 0 bridgehead atoms. The Labute approximate surface area is 157 Å². The Bertz CT molecular complexity index is 932. The number of aromatic nitrogens is 3. The molecule has 0 saturated carbocycles. The van der Waals surface area contributed by atoms with Gasteiger partial charge >= 0.3 is 0 Å². The van der Waals surface area contributed by atoms with Gasteiger partial charge in [-0.3, -0.25) is 4.79 Å². The van der Waals surface area contributed by atoms with Gasteiger partial charge in [0.1, 0.15) is 0 Å². The maximum atomic E-state index is 12.9. The highest BCUT2D eigenvalue weighted by Crippen LogP contribution is 2.28. The van der Waals surface area contributed by atoms with Crippen molar-refractivity contribution in [1.82, 2.24) is 20.1 Å². The van der Waals surface area contributed by atoms with Crippen LogP contribution in [0.1, 0.15) is 29.3 Å². The highest BCUT2D eigenvalue weighted by Gasteiger charge is 2.22. The van der Waals surface area contributed by atoms with E-state index >= 15 is 0 Å². The molecule has 7 nitrogen and oxygen atoms in total. The maximum Gasteiger partial charge on any atom is 0.255 e. The van der Waals surface area contributed by atoms with Gasteiger partial charge in [-0.1, -0.05) is 30.3 Å². The summed E-state index contributed by atoms with van der Waals surface area (Å²) in [5.41, 5.74) is 3.14. The minimum absolute atomic E-state index is 0.154. The lowest BCUT2D eigenvalue weighted by molar-refractivity contribution is 0.0951. The molecule has 4 rings (SSSR count). The van der Waals surface area contributed by atoms with E-state index in [0.717, 1.165) is 41.9 Å². The third-order valence-electron chi connectivity index (χ3n) is 4.78. The minimum Gasteiger partial charge on any atom is -0.379 e. The van der Waals surface area contributed by atoms with Gasteiger partial charge in [-0.25, -0.2) is 9.67 Å². The van der Waals surface area contributed by atoms with Crippen molar-refractivity contribution in [3.8, 4) is 0 Å². The number of fused-ring (bicyclic) bond motifs is 1. The number of nitrogens with zero attached hydrogens (tertiary/aromatic N) is 3. The van der Waals surface area contributed by atoms with Crippen LogP contribution in [0.25, 0.3) is 11.0 Å². The highest BCUT2D eigenvalue weighted by molar-refractivity contribution is 6.06. The number of carbonyl (C=O) groups is 1. The molecule has 7 heteroatoms. The van der Waals surface area contributed by atoms with Gasteiger partial charge < -0.3 is 15.4 Å². The molecule has 1 atom stereocenters. The third kappa shape index (κ3) is 3.64. The van der Waals surface area contributed by atoms with Gasteiger partial charge in [0.25, 0.3) is 5.91 Å². The summed E-state index contributed by atoms with van der Waals surface area (Å²) in [7, 11) is 0. The van der Waals surface area contributed by atoms with Crippen molar-refractivity contribution in [2.24, 2.45) is 0 Å². The standard InChI is InChI=1S/C20H23N5O2/c1-2-25-19-16(12-23-25)18(24-15-8-9-27-13-15)17(11-21-19)20(26)22-10-14-6-4-3-5-7-14/h3-7,11-12,15H,2,8-10,13H2,1H3,(H,21,24)(H,22,26)/t15-/m1/s1. The number of aryl methyl sites for hydroxylation is 1. The van der Waals surface area contributed by atoms with Crippen LogP contribution in [-0.4, -0.2) is 39.9 Å². The van der Waals surface area contributed by atoms with E-state index in [4.69, 9.17) is 4.74 Å². The molecule has 0 aliphatic carbocycles. The van der Waals surface area contributed by atoms with E-state index in [1.807, 2.05) is 41.9 Å². The molecule has 3 heterocycles. The Morgan fingerprint density at radius 1 is 1.30 bits per heavy atom. The van der Waals surface area contributed by atoms with Crippen LogP contribution in [0.5, 0.6) is 0 Å². The van der Waals surface area contributed by atoms with Crippen molar-refractivity contribution in [2.45, 2.75) is 32.5 Å². The number of hydrogen-bond acceptors (Lipinski definition) is 5. The van der Waals surface area contributed by atoms with Crippen molar-refractivity contribution in [3.05, 3.63) is 53.9 Å².